The maximum Gasteiger partial charge on any atom is 0.131 e. The molecule has 0 aliphatic rings. The van der Waals surface area contributed by atoms with Crippen LogP contribution in [0.15, 0.2) is 23.6 Å². The number of methoxy groups -OCH3 is 1. The van der Waals surface area contributed by atoms with Crippen LogP contribution in [0.3, 0.4) is 0 Å². The largest absolute Gasteiger partial charge is 0.497 e. The molecule has 21 heavy (non-hydrogen) atoms. The van der Waals surface area contributed by atoms with E-state index in [0.717, 1.165) is 42.1 Å². The summed E-state index contributed by atoms with van der Waals surface area (Å²) in [5.74, 6) is 1.64. The van der Waals surface area contributed by atoms with Crippen LogP contribution in [-0.4, -0.2) is 19.1 Å². The van der Waals surface area contributed by atoms with Crippen LogP contribution in [0.25, 0.3) is 0 Å². The van der Waals surface area contributed by atoms with Crippen molar-refractivity contribution in [3.05, 3.63) is 39.8 Å². The fraction of sp³-hybridized carbons (Fsp3) is 0.438. The van der Waals surface area contributed by atoms with E-state index in [0.29, 0.717) is 6.61 Å². The van der Waals surface area contributed by atoms with Gasteiger partial charge in [-0.15, -0.1) is 11.3 Å². The summed E-state index contributed by atoms with van der Waals surface area (Å²) in [6.45, 7) is 3.42. The van der Waals surface area contributed by atoms with E-state index in [9.17, 15) is 0 Å². The number of rotatable bonds is 8. The Morgan fingerprint density at radius 2 is 2.19 bits per heavy atom. The Morgan fingerprint density at radius 3 is 2.90 bits per heavy atom. The maximum absolute atomic E-state index is 5.93. The summed E-state index contributed by atoms with van der Waals surface area (Å²) < 4.78 is 11.2. The maximum atomic E-state index is 5.93. The predicted molar refractivity (Wildman–Crippen MR) is 86.2 cm³/mol. The average Bonchev–Trinajstić information content (AvgIpc) is 2.94. The molecule has 1 heterocycles. The van der Waals surface area contributed by atoms with Crippen LogP contribution < -0.4 is 14.8 Å². The van der Waals surface area contributed by atoms with Crippen molar-refractivity contribution in [2.75, 3.05) is 14.2 Å². The number of hydrogen-bond donors (Lipinski definition) is 1. The molecule has 0 saturated heterocycles. The number of ether oxygens (including phenoxy) is 2. The summed E-state index contributed by atoms with van der Waals surface area (Å²) in [6.07, 6.45) is 2.16. The Hall–Kier alpha value is -1.59. The van der Waals surface area contributed by atoms with Gasteiger partial charge >= 0.3 is 0 Å². The molecule has 1 N–H and O–H groups in total. The molecule has 0 saturated carbocycles. The molecule has 0 atom stereocenters. The van der Waals surface area contributed by atoms with Crippen molar-refractivity contribution in [3.63, 3.8) is 0 Å². The van der Waals surface area contributed by atoms with E-state index in [2.05, 4.69) is 22.6 Å². The lowest BCUT2D eigenvalue weighted by Gasteiger charge is -2.12. The zero-order chi connectivity index (χ0) is 15.1. The van der Waals surface area contributed by atoms with Gasteiger partial charge in [0, 0.05) is 23.6 Å². The highest BCUT2D eigenvalue weighted by atomic mass is 32.1. The summed E-state index contributed by atoms with van der Waals surface area (Å²) in [7, 11) is 3.58. The Morgan fingerprint density at radius 1 is 1.33 bits per heavy atom. The highest BCUT2D eigenvalue weighted by Gasteiger charge is 2.07. The van der Waals surface area contributed by atoms with Crippen molar-refractivity contribution in [1.82, 2.24) is 10.3 Å². The number of aromatic nitrogens is 1. The van der Waals surface area contributed by atoms with E-state index in [1.165, 1.54) is 5.01 Å². The van der Waals surface area contributed by atoms with Gasteiger partial charge in [0.15, 0.2) is 0 Å². The molecular formula is C16H22N2O2S. The molecule has 0 unspecified atom stereocenters. The zero-order valence-corrected chi connectivity index (χ0v) is 13.6. The molecule has 0 spiro atoms. The lowest BCUT2D eigenvalue weighted by atomic mass is 10.2. The first-order valence-corrected chi connectivity index (χ1v) is 8.02. The van der Waals surface area contributed by atoms with Gasteiger partial charge in [-0.1, -0.05) is 13.0 Å². The molecule has 5 heteroatoms. The first kappa shape index (κ1) is 15.8. The molecular weight excluding hydrogens is 284 g/mol. The van der Waals surface area contributed by atoms with Crippen molar-refractivity contribution < 1.29 is 9.47 Å². The van der Waals surface area contributed by atoms with Crippen molar-refractivity contribution in [3.8, 4) is 11.5 Å². The third kappa shape index (κ3) is 4.44. The molecule has 2 aromatic rings. The topological polar surface area (TPSA) is 43.4 Å². The average molecular weight is 306 g/mol. The monoisotopic (exact) mass is 306 g/mol. The Bertz CT molecular complexity index is 569. The number of nitrogens with one attached hydrogen (secondary N) is 1. The fourth-order valence-corrected chi connectivity index (χ4v) is 2.91. The van der Waals surface area contributed by atoms with Crippen LogP contribution >= 0.6 is 11.3 Å². The van der Waals surface area contributed by atoms with Gasteiger partial charge in [0.1, 0.15) is 18.1 Å². The van der Waals surface area contributed by atoms with E-state index in [1.54, 1.807) is 18.4 Å². The summed E-state index contributed by atoms with van der Waals surface area (Å²) >= 11 is 1.70. The van der Waals surface area contributed by atoms with Crippen molar-refractivity contribution in [1.29, 1.82) is 0 Å². The molecule has 0 radical (unpaired) electrons. The first-order valence-electron chi connectivity index (χ1n) is 7.14. The van der Waals surface area contributed by atoms with E-state index in [4.69, 9.17) is 9.47 Å². The smallest absolute Gasteiger partial charge is 0.131 e. The lowest BCUT2D eigenvalue weighted by Crippen LogP contribution is -2.08. The predicted octanol–water partition coefficient (Wildman–Crippen LogP) is 3.40. The summed E-state index contributed by atoms with van der Waals surface area (Å²) in [4.78, 5) is 4.58. The van der Waals surface area contributed by atoms with Crippen molar-refractivity contribution >= 4 is 11.3 Å². The fourth-order valence-electron chi connectivity index (χ4n) is 2.03. The van der Waals surface area contributed by atoms with E-state index >= 15 is 0 Å². The van der Waals surface area contributed by atoms with Crippen LogP contribution in [0.5, 0.6) is 11.5 Å². The molecule has 4 nitrogen and oxygen atoms in total. The van der Waals surface area contributed by atoms with Crippen molar-refractivity contribution in [2.24, 2.45) is 0 Å². The molecule has 0 fully saturated rings. The van der Waals surface area contributed by atoms with E-state index in [-0.39, 0.29) is 0 Å². The molecule has 1 aromatic heterocycles. The lowest BCUT2D eigenvalue weighted by molar-refractivity contribution is 0.295. The summed E-state index contributed by atoms with van der Waals surface area (Å²) in [5.41, 5.74) is 2.10. The molecule has 0 aliphatic heterocycles. The van der Waals surface area contributed by atoms with Crippen LogP contribution in [0, 0.1) is 0 Å². The molecule has 1 aromatic carbocycles. The molecule has 0 aliphatic carbocycles. The van der Waals surface area contributed by atoms with Gasteiger partial charge in [0.2, 0.25) is 0 Å². The van der Waals surface area contributed by atoms with Gasteiger partial charge in [-0.25, -0.2) is 4.98 Å². The molecule has 2 rings (SSSR count). The molecule has 114 valence electrons. The minimum absolute atomic E-state index is 0.490. The van der Waals surface area contributed by atoms with E-state index < -0.39 is 0 Å². The Labute approximate surface area is 130 Å². The van der Waals surface area contributed by atoms with Crippen LogP contribution in [-0.2, 0) is 19.6 Å². The minimum atomic E-state index is 0.490. The highest BCUT2D eigenvalue weighted by molar-refractivity contribution is 7.09. The van der Waals surface area contributed by atoms with Crippen LogP contribution in [0.4, 0.5) is 0 Å². The number of nitrogens with zero attached hydrogens (tertiary/aromatic N) is 1. The summed E-state index contributed by atoms with van der Waals surface area (Å²) in [5, 5.41) is 6.40. The number of thiazole rings is 1. The number of benzene rings is 1. The van der Waals surface area contributed by atoms with Gasteiger partial charge in [-0.3, -0.25) is 0 Å². The van der Waals surface area contributed by atoms with E-state index in [1.807, 2.05) is 25.2 Å². The third-order valence-corrected chi connectivity index (χ3v) is 4.04. The van der Waals surface area contributed by atoms with Gasteiger partial charge < -0.3 is 14.8 Å². The van der Waals surface area contributed by atoms with Gasteiger partial charge in [0.05, 0.1) is 17.8 Å². The standard InChI is InChI=1S/C16H22N2O2S/c1-4-5-16-18-13(11-21-16)10-20-15-8-14(19-3)7-6-12(15)9-17-2/h6-8,11,17H,4-5,9-10H2,1-3H3. The summed E-state index contributed by atoms with van der Waals surface area (Å²) in [6, 6.07) is 5.89. The second-order valence-corrected chi connectivity index (χ2v) is 5.72. The van der Waals surface area contributed by atoms with Gasteiger partial charge in [-0.05, 0) is 26.0 Å². The molecule has 0 bridgehead atoms. The Balaban J connectivity index is 2.06. The van der Waals surface area contributed by atoms with Gasteiger partial charge in [0.25, 0.3) is 0 Å². The number of hydrogen-bond acceptors (Lipinski definition) is 5. The quantitative estimate of drug-likeness (QED) is 0.812. The Kier molecular flexibility index (Phi) is 6.02. The SMILES string of the molecule is CCCc1nc(COc2cc(OC)ccc2CNC)cs1. The first-order chi connectivity index (χ1) is 10.3. The minimum Gasteiger partial charge on any atom is -0.497 e. The highest BCUT2D eigenvalue weighted by Crippen LogP contribution is 2.26. The molecule has 0 amide bonds. The van der Waals surface area contributed by atoms with Gasteiger partial charge in [-0.2, -0.15) is 0 Å². The second kappa shape index (κ2) is 8.00. The van der Waals surface area contributed by atoms with Crippen LogP contribution in [0.2, 0.25) is 0 Å². The zero-order valence-electron chi connectivity index (χ0n) is 12.8. The van der Waals surface area contributed by atoms with Crippen molar-refractivity contribution in [2.45, 2.75) is 32.9 Å². The number of aryl methyl sites for hydroxylation is 1. The third-order valence-electron chi connectivity index (χ3n) is 3.08. The van der Waals surface area contributed by atoms with Crippen LogP contribution in [0.1, 0.15) is 29.6 Å². The second-order valence-electron chi connectivity index (χ2n) is 4.78. The normalized spacial score (nSPS) is 10.6.